The van der Waals surface area contributed by atoms with Crippen molar-refractivity contribution in [3.05, 3.63) is 17.0 Å². The Morgan fingerprint density at radius 3 is 2.75 bits per heavy atom. The first-order valence-corrected chi connectivity index (χ1v) is 7.16. The number of aromatic nitrogens is 2. The minimum absolute atomic E-state index is 0.0637. The van der Waals surface area contributed by atoms with Crippen molar-refractivity contribution in [1.29, 1.82) is 0 Å². The monoisotopic (exact) mass is 280 g/mol. The molecule has 1 fully saturated rings. The van der Waals surface area contributed by atoms with Gasteiger partial charge in [0.2, 0.25) is 5.91 Å². The molecule has 1 aromatic heterocycles. The average Bonchev–Trinajstić information content (AvgIpc) is 2.69. The van der Waals surface area contributed by atoms with Crippen LogP contribution in [0.3, 0.4) is 0 Å². The first-order chi connectivity index (χ1) is 9.58. The molecule has 0 spiro atoms. The number of hydrogen-bond donors (Lipinski definition) is 2. The van der Waals surface area contributed by atoms with Gasteiger partial charge in [-0.1, -0.05) is 0 Å². The maximum Gasteiger partial charge on any atom is 0.246 e. The van der Waals surface area contributed by atoms with E-state index in [1.54, 1.807) is 0 Å². The quantitative estimate of drug-likeness (QED) is 0.820. The smallest absolute Gasteiger partial charge is 0.246 e. The molecule has 0 saturated carbocycles. The first kappa shape index (κ1) is 15.0. The third kappa shape index (κ3) is 3.80. The third-order valence-corrected chi connectivity index (χ3v) is 3.86. The van der Waals surface area contributed by atoms with Crippen molar-refractivity contribution in [2.45, 2.75) is 39.3 Å². The lowest BCUT2D eigenvalue weighted by molar-refractivity contribution is -0.128. The molecule has 1 aromatic rings. The van der Waals surface area contributed by atoms with Crippen LogP contribution in [0.25, 0.3) is 0 Å². The zero-order valence-corrected chi connectivity index (χ0v) is 12.5. The average molecular weight is 280 g/mol. The largest absolute Gasteiger partial charge is 0.368 e. The Balaban J connectivity index is 1.74. The summed E-state index contributed by atoms with van der Waals surface area (Å²) < 4.78 is 7.46. The van der Waals surface area contributed by atoms with E-state index in [1.165, 1.54) is 0 Å². The van der Waals surface area contributed by atoms with Gasteiger partial charge in [-0.05, 0) is 39.8 Å². The molecular formula is C14H24N4O2. The summed E-state index contributed by atoms with van der Waals surface area (Å²) in [6.45, 7) is 6.57. The van der Waals surface area contributed by atoms with Crippen LogP contribution >= 0.6 is 0 Å². The number of carbonyl (C=O) groups is 1. The normalized spacial score (nSPS) is 16.4. The predicted octanol–water partition coefficient (Wildman–Crippen LogP) is 0.422. The van der Waals surface area contributed by atoms with Crippen LogP contribution in [0.1, 0.15) is 29.8 Å². The zero-order valence-electron chi connectivity index (χ0n) is 12.5. The van der Waals surface area contributed by atoms with Crippen LogP contribution in [0.5, 0.6) is 0 Å². The molecule has 1 aliphatic rings. The van der Waals surface area contributed by atoms with Crippen LogP contribution in [0.15, 0.2) is 0 Å². The molecule has 1 amide bonds. The number of aryl methyl sites for hydroxylation is 2. The minimum atomic E-state index is -0.0637. The van der Waals surface area contributed by atoms with Crippen LogP contribution in [0, 0.1) is 13.8 Å². The summed E-state index contributed by atoms with van der Waals surface area (Å²) in [5.41, 5.74) is 3.13. The van der Waals surface area contributed by atoms with Crippen molar-refractivity contribution in [2.24, 2.45) is 7.05 Å². The molecule has 2 heterocycles. The van der Waals surface area contributed by atoms with Crippen molar-refractivity contribution in [1.82, 2.24) is 20.4 Å². The molecule has 20 heavy (non-hydrogen) atoms. The van der Waals surface area contributed by atoms with Crippen molar-refractivity contribution in [2.75, 3.05) is 19.7 Å². The van der Waals surface area contributed by atoms with Crippen LogP contribution in [0.4, 0.5) is 0 Å². The maximum atomic E-state index is 11.8. The fraction of sp³-hybridized carbons (Fsp3) is 0.714. The lowest BCUT2D eigenvalue weighted by Gasteiger charge is -2.22. The van der Waals surface area contributed by atoms with E-state index in [2.05, 4.69) is 15.7 Å². The highest BCUT2D eigenvalue weighted by atomic mass is 16.5. The van der Waals surface area contributed by atoms with Gasteiger partial charge >= 0.3 is 0 Å². The number of nitrogens with one attached hydrogen (secondary N) is 2. The summed E-state index contributed by atoms with van der Waals surface area (Å²) in [7, 11) is 1.91. The predicted molar refractivity (Wildman–Crippen MR) is 76.4 cm³/mol. The molecule has 1 aliphatic heterocycles. The minimum Gasteiger partial charge on any atom is -0.368 e. The Hall–Kier alpha value is -1.40. The number of rotatable bonds is 5. The van der Waals surface area contributed by atoms with Crippen LogP contribution in [-0.2, 0) is 23.1 Å². The van der Waals surface area contributed by atoms with Crippen molar-refractivity contribution in [3.8, 4) is 0 Å². The highest BCUT2D eigenvalue weighted by Gasteiger charge is 2.15. The van der Waals surface area contributed by atoms with Gasteiger partial charge in [0.05, 0.1) is 11.8 Å². The molecule has 2 rings (SSSR count). The number of nitrogens with zero attached hydrogens (tertiary/aromatic N) is 2. The number of piperidine rings is 1. The summed E-state index contributed by atoms with van der Waals surface area (Å²) in [6, 6.07) is 0. The van der Waals surface area contributed by atoms with E-state index in [1.807, 2.05) is 25.6 Å². The van der Waals surface area contributed by atoms with Gasteiger partial charge in [0.1, 0.15) is 6.61 Å². The van der Waals surface area contributed by atoms with Gasteiger partial charge in [0.15, 0.2) is 0 Å². The Labute approximate surface area is 119 Å². The highest BCUT2D eigenvalue weighted by Crippen LogP contribution is 2.11. The first-order valence-electron chi connectivity index (χ1n) is 7.16. The molecular weight excluding hydrogens is 256 g/mol. The summed E-state index contributed by atoms with van der Waals surface area (Å²) >= 11 is 0. The maximum absolute atomic E-state index is 11.8. The molecule has 6 heteroatoms. The lowest BCUT2D eigenvalue weighted by Crippen LogP contribution is -2.35. The van der Waals surface area contributed by atoms with Crippen molar-refractivity contribution >= 4 is 5.91 Å². The fourth-order valence-corrected chi connectivity index (χ4v) is 2.47. The molecule has 0 radical (unpaired) electrons. The van der Waals surface area contributed by atoms with E-state index >= 15 is 0 Å². The van der Waals surface area contributed by atoms with E-state index in [0.717, 1.165) is 42.9 Å². The van der Waals surface area contributed by atoms with E-state index < -0.39 is 0 Å². The highest BCUT2D eigenvalue weighted by molar-refractivity contribution is 5.77. The van der Waals surface area contributed by atoms with Crippen LogP contribution in [-0.4, -0.2) is 41.5 Å². The molecule has 0 aromatic carbocycles. The van der Waals surface area contributed by atoms with Gasteiger partial charge in [-0.15, -0.1) is 0 Å². The molecule has 0 unspecified atom stereocenters. The third-order valence-electron chi connectivity index (χ3n) is 3.86. The second-order valence-electron chi connectivity index (χ2n) is 5.31. The van der Waals surface area contributed by atoms with Crippen LogP contribution < -0.4 is 10.6 Å². The molecule has 112 valence electrons. The van der Waals surface area contributed by atoms with Gasteiger partial charge in [-0.2, -0.15) is 5.10 Å². The van der Waals surface area contributed by atoms with Gasteiger partial charge in [0, 0.05) is 24.8 Å². The Morgan fingerprint density at radius 2 is 2.15 bits per heavy atom. The topological polar surface area (TPSA) is 68.2 Å². The van der Waals surface area contributed by atoms with Gasteiger partial charge < -0.3 is 15.4 Å². The summed E-state index contributed by atoms with van der Waals surface area (Å²) in [4.78, 5) is 11.8. The number of ether oxygens (including phenoxy) is 1. The van der Waals surface area contributed by atoms with E-state index in [0.29, 0.717) is 6.54 Å². The Morgan fingerprint density at radius 1 is 1.45 bits per heavy atom. The van der Waals surface area contributed by atoms with E-state index in [9.17, 15) is 4.79 Å². The van der Waals surface area contributed by atoms with Crippen LogP contribution in [0.2, 0.25) is 0 Å². The lowest BCUT2D eigenvalue weighted by atomic mass is 10.1. The molecule has 2 N–H and O–H groups in total. The van der Waals surface area contributed by atoms with E-state index in [-0.39, 0.29) is 18.6 Å². The molecule has 0 atom stereocenters. The number of carbonyl (C=O) groups excluding carboxylic acids is 1. The Kier molecular flexibility index (Phi) is 5.14. The van der Waals surface area contributed by atoms with Crippen molar-refractivity contribution in [3.63, 3.8) is 0 Å². The number of hydrogen-bond acceptors (Lipinski definition) is 4. The molecule has 6 nitrogen and oxygen atoms in total. The molecule has 1 saturated heterocycles. The zero-order chi connectivity index (χ0) is 14.5. The summed E-state index contributed by atoms with van der Waals surface area (Å²) in [5.74, 6) is -0.0637. The molecule has 0 bridgehead atoms. The second kappa shape index (κ2) is 6.85. The van der Waals surface area contributed by atoms with Gasteiger partial charge in [-0.25, -0.2) is 0 Å². The standard InChI is InChI=1S/C14H24N4O2/c1-10-13(11(2)18(3)17-10)8-16-14(19)9-20-12-4-6-15-7-5-12/h12,15H,4-9H2,1-3H3,(H,16,19). The summed E-state index contributed by atoms with van der Waals surface area (Å²) in [5, 5.41) is 10.5. The summed E-state index contributed by atoms with van der Waals surface area (Å²) in [6.07, 6.45) is 2.17. The Bertz CT molecular complexity index is 464. The van der Waals surface area contributed by atoms with Gasteiger partial charge in [-0.3, -0.25) is 9.48 Å². The SMILES string of the molecule is Cc1nn(C)c(C)c1CNC(=O)COC1CCNCC1. The van der Waals surface area contributed by atoms with E-state index in [4.69, 9.17) is 4.74 Å². The van der Waals surface area contributed by atoms with Gasteiger partial charge in [0.25, 0.3) is 0 Å². The number of amides is 1. The molecule has 0 aliphatic carbocycles. The fourth-order valence-electron chi connectivity index (χ4n) is 2.47. The second-order valence-corrected chi connectivity index (χ2v) is 5.31. The van der Waals surface area contributed by atoms with Crippen molar-refractivity contribution < 1.29 is 9.53 Å².